The fraction of sp³-hybridized carbons (Fsp3) is 0.500. The van der Waals surface area contributed by atoms with E-state index in [-0.39, 0.29) is 6.29 Å². The van der Waals surface area contributed by atoms with E-state index in [0.717, 1.165) is 29.7 Å². The van der Waals surface area contributed by atoms with E-state index in [4.69, 9.17) is 9.47 Å². The highest BCUT2D eigenvalue weighted by Gasteiger charge is 2.16. The molecule has 1 aromatic carbocycles. The molecule has 0 aromatic heterocycles. The molecule has 1 heterocycles. The van der Waals surface area contributed by atoms with Gasteiger partial charge in [-0.25, -0.2) is 0 Å². The fourth-order valence-corrected chi connectivity index (χ4v) is 2.23. The molecule has 1 aliphatic rings. The average Bonchev–Trinajstić information content (AvgIpc) is 2.24. The van der Waals surface area contributed by atoms with Crippen LogP contribution < -0.4 is 4.74 Å². The number of ether oxygens (including phenoxy) is 2. The fourth-order valence-electron chi connectivity index (χ4n) is 1.65. The average molecular weight is 271 g/mol. The van der Waals surface area contributed by atoms with E-state index >= 15 is 0 Å². The lowest BCUT2D eigenvalue weighted by Gasteiger charge is -2.24. The minimum Gasteiger partial charge on any atom is -0.464 e. The molecule has 1 aliphatic heterocycles. The van der Waals surface area contributed by atoms with Crippen molar-refractivity contribution in [1.82, 2.24) is 0 Å². The Labute approximate surface area is 98.7 Å². The van der Waals surface area contributed by atoms with Crippen LogP contribution in [-0.2, 0) is 4.74 Å². The molecule has 1 atom stereocenters. The standard InChI is InChI=1S/C12H15BrO2/c1-9-5-6-11(10(13)8-9)15-12-4-2-3-7-14-12/h5-6,8,12H,2-4,7H2,1H3/t12-/m0/s1. The van der Waals surface area contributed by atoms with Gasteiger partial charge in [0.15, 0.2) is 6.29 Å². The third kappa shape index (κ3) is 2.95. The molecule has 0 saturated carbocycles. The first-order valence-electron chi connectivity index (χ1n) is 5.30. The van der Waals surface area contributed by atoms with Crippen molar-refractivity contribution in [2.24, 2.45) is 0 Å². The van der Waals surface area contributed by atoms with Gasteiger partial charge in [0.25, 0.3) is 0 Å². The van der Waals surface area contributed by atoms with Gasteiger partial charge in [0.2, 0.25) is 0 Å². The molecule has 82 valence electrons. The van der Waals surface area contributed by atoms with E-state index in [0.29, 0.717) is 0 Å². The molecule has 0 unspecified atom stereocenters. The van der Waals surface area contributed by atoms with Crippen LogP contribution in [0.25, 0.3) is 0 Å². The van der Waals surface area contributed by atoms with Crippen molar-refractivity contribution >= 4 is 15.9 Å². The summed E-state index contributed by atoms with van der Waals surface area (Å²) in [5.41, 5.74) is 1.22. The summed E-state index contributed by atoms with van der Waals surface area (Å²) in [7, 11) is 0. The number of aryl methyl sites for hydroxylation is 1. The van der Waals surface area contributed by atoms with Crippen LogP contribution >= 0.6 is 15.9 Å². The number of benzene rings is 1. The van der Waals surface area contributed by atoms with Crippen LogP contribution in [0, 0.1) is 6.92 Å². The summed E-state index contributed by atoms with van der Waals surface area (Å²) in [6, 6.07) is 6.08. The van der Waals surface area contributed by atoms with E-state index in [2.05, 4.69) is 28.9 Å². The summed E-state index contributed by atoms with van der Waals surface area (Å²) in [5.74, 6) is 0.868. The van der Waals surface area contributed by atoms with E-state index in [1.165, 1.54) is 12.0 Å². The largest absolute Gasteiger partial charge is 0.464 e. The second-order valence-corrected chi connectivity index (χ2v) is 4.70. The van der Waals surface area contributed by atoms with Gasteiger partial charge < -0.3 is 9.47 Å². The van der Waals surface area contributed by atoms with Crippen molar-refractivity contribution in [3.63, 3.8) is 0 Å². The zero-order valence-corrected chi connectivity index (χ0v) is 10.4. The molecule has 0 spiro atoms. The summed E-state index contributed by atoms with van der Waals surface area (Å²) < 4.78 is 12.3. The van der Waals surface area contributed by atoms with E-state index in [9.17, 15) is 0 Å². The first-order valence-corrected chi connectivity index (χ1v) is 6.09. The summed E-state index contributed by atoms with van der Waals surface area (Å²) in [6.07, 6.45) is 3.25. The van der Waals surface area contributed by atoms with Gasteiger partial charge in [-0.2, -0.15) is 0 Å². The Bertz CT molecular complexity index is 332. The number of rotatable bonds is 2. The maximum absolute atomic E-state index is 5.77. The topological polar surface area (TPSA) is 18.5 Å². The number of hydrogen-bond acceptors (Lipinski definition) is 2. The van der Waals surface area contributed by atoms with Gasteiger partial charge >= 0.3 is 0 Å². The SMILES string of the molecule is Cc1ccc(O[C@H]2CCCCO2)c(Br)c1. The molecular formula is C12H15BrO2. The molecular weight excluding hydrogens is 256 g/mol. The molecule has 2 rings (SSSR count). The van der Waals surface area contributed by atoms with Crippen LogP contribution in [-0.4, -0.2) is 12.9 Å². The molecule has 1 saturated heterocycles. The first-order chi connectivity index (χ1) is 7.25. The third-order valence-corrected chi connectivity index (χ3v) is 3.10. The lowest BCUT2D eigenvalue weighted by Crippen LogP contribution is -2.25. The van der Waals surface area contributed by atoms with Gasteiger partial charge in [-0.05, 0) is 53.4 Å². The van der Waals surface area contributed by atoms with Gasteiger partial charge in [0.05, 0.1) is 11.1 Å². The smallest absolute Gasteiger partial charge is 0.199 e. The van der Waals surface area contributed by atoms with Crippen LogP contribution in [0.1, 0.15) is 24.8 Å². The Hall–Kier alpha value is -0.540. The van der Waals surface area contributed by atoms with Crippen molar-refractivity contribution in [2.45, 2.75) is 32.5 Å². The molecule has 0 amide bonds. The molecule has 0 bridgehead atoms. The van der Waals surface area contributed by atoms with Crippen molar-refractivity contribution in [2.75, 3.05) is 6.61 Å². The van der Waals surface area contributed by atoms with E-state index in [1.807, 2.05) is 12.1 Å². The van der Waals surface area contributed by atoms with Gasteiger partial charge in [-0.1, -0.05) is 6.07 Å². The van der Waals surface area contributed by atoms with Gasteiger partial charge in [-0.15, -0.1) is 0 Å². The maximum Gasteiger partial charge on any atom is 0.199 e. The Morgan fingerprint density at radius 1 is 1.40 bits per heavy atom. The van der Waals surface area contributed by atoms with Crippen molar-refractivity contribution < 1.29 is 9.47 Å². The lowest BCUT2D eigenvalue weighted by molar-refractivity contribution is -0.106. The highest BCUT2D eigenvalue weighted by Crippen LogP contribution is 2.28. The normalized spacial score (nSPS) is 21.3. The molecule has 0 aliphatic carbocycles. The van der Waals surface area contributed by atoms with E-state index < -0.39 is 0 Å². The van der Waals surface area contributed by atoms with Gasteiger partial charge in [-0.3, -0.25) is 0 Å². The Morgan fingerprint density at radius 3 is 2.93 bits per heavy atom. The minimum atomic E-state index is -0.0715. The molecule has 1 fully saturated rings. The molecule has 2 nitrogen and oxygen atoms in total. The van der Waals surface area contributed by atoms with Crippen molar-refractivity contribution in [3.8, 4) is 5.75 Å². The van der Waals surface area contributed by atoms with E-state index in [1.54, 1.807) is 0 Å². The number of halogens is 1. The summed E-state index contributed by atoms with van der Waals surface area (Å²) in [5, 5.41) is 0. The number of hydrogen-bond donors (Lipinski definition) is 0. The summed E-state index contributed by atoms with van der Waals surface area (Å²) in [4.78, 5) is 0. The molecule has 0 N–H and O–H groups in total. The first kappa shape index (κ1) is 11.0. The maximum atomic E-state index is 5.77. The predicted molar refractivity (Wildman–Crippen MR) is 63.1 cm³/mol. The van der Waals surface area contributed by atoms with Crippen LogP contribution in [0.3, 0.4) is 0 Å². The summed E-state index contributed by atoms with van der Waals surface area (Å²) >= 11 is 3.49. The Morgan fingerprint density at radius 2 is 2.27 bits per heavy atom. The van der Waals surface area contributed by atoms with Crippen molar-refractivity contribution in [3.05, 3.63) is 28.2 Å². The molecule has 1 aromatic rings. The van der Waals surface area contributed by atoms with Crippen LogP contribution in [0.4, 0.5) is 0 Å². The molecule has 3 heteroatoms. The highest BCUT2D eigenvalue weighted by molar-refractivity contribution is 9.10. The second kappa shape index (κ2) is 4.99. The van der Waals surface area contributed by atoms with Gasteiger partial charge in [0.1, 0.15) is 5.75 Å². The third-order valence-electron chi connectivity index (χ3n) is 2.48. The second-order valence-electron chi connectivity index (χ2n) is 3.85. The molecule has 15 heavy (non-hydrogen) atoms. The quantitative estimate of drug-likeness (QED) is 0.817. The Balaban J connectivity index is 2.03. The zero-order valence-electron chi connectivity index (χ0n) is 8.83. The van der Waals surface area contributed by atoms with Crippen LogP contribution in [0.15, 0.2) is 22.7 Å². The minimum absolute atomic E-state index is 0.0715. The monoisotopic (exact) mass is 270 g/mol. The zero-order chi connectivity index (χ0) is 10.7. The predicted octanol–water partition coefficient (Wildman–Crippen LogP) is 3.66. The molecule has 0 radical (unpaired) electrons. The lowest BCUT2D eigenvalue weighted by atomic mass is 10.2. The highest BCUT2D eigenvalue weighted by atomic mass is 79.9. The van der Waals surface area contributed by atoms with Crippen LogP contribution in [0.2, 0.25) is 0 Å². The van der Waals surface area contributed by atoms with Crippen molar-refractivity contribution in [1.29, 1.82) is 0 Å². The Kier molecular flexibility index (Phi) is 3.65. The van der Waals surface area contributed by atoms with Gasteiger partial charge in [0, 0.05) is 6.42 Å². The summed E-state index contributed by atoms with van der Waals surface area (Å²) in [6.45, 7) is 2.87. The van der Waals surface area contributed by atoms with Crippen LogP contribution in [0.5, 0.6) is 5.75 Å².